The Morgan fingerprint density at radius 3 is 2.54 bits per heavy atom. The molecule has 0 spiro atoms. The lowest BCUT2D eigenvalue weighted by Crippen LogP contribution is -2.30. The van der Waals surface area contributed by atoms with Crippen LogP contribution in [0.4, 0.5) is 0 Å². The van der Waals surface area contributed by atoms with Crippen LogP contribution in [-0.4, -0.2) is 26.0 Å². The van der Waals surface area contributed by atoms with E-state index in [1.165, 1.54) is 0 Å². The largest absolute Gasteiger partial charge is 0.493 e. The number of nitrogens with one attached hydrogen (secondary N) is 1. The van der Waals surface area contributed by atoms with Crippen LogP contribution in [0.15, 0.2) is 48.5 Å². The quantitative estimate of drug-likeness (QED) is 0.807. The molecule has 0 amide bonds. The van der Waals surface area contributed by atoms with Gasteiger partial charge in [-0.15, -0.1) is 12.4 Å². The summed E-state index contributed by atoms with van der Waals surface area (Å²) in [6.45, 7) is 2.89. The van der Waals surface area contributed by atoms with Gasteiger partial charge in [0.1, 0.15) is 12.0 Å². The van der Waals surface area contributed by atoms with Crippen molar-refractivity contribution in [2.45, 2.75) is 19.3 Å². The lowest BCUT2D eigenvalue weighted by molar-refractivity contribution is -0.107. The topological polar surface area (TPSA) is 38.3 Å². The second-order valence-corrected chi connectivity index (χ2v) is 6.07. The van der Waals surface area contributed by atoms with Crippen LogP contribution in [0, 0.1) is 5.92 Å². The fourth-order valence-corrected chi connectivity index (χ4v) is 3.02. The molecular weight excluding hydrogens is 322 g/mol. The van der Waals surface area contributed by atoms with E-state index in [9.17, 15) is 4.79 Å². The number of piperidine rings is 1. The van der Waals surface area contributed by atoms with Crippen molar-refractivity contribution < 1.29 is 9.53 Å². The van der Waals surface area contributed by atoms with Gasteiger partial charge in [-0.3, -0.25) is 0 Å². The molecule has 1 N–H and O–H groups in total. The van der Waals surface area contributed by atoms with Crippen LogP contribution < -0.4 is 10.1 Å². The third-order valence-electron chi connectivity index (χ3n) is 4.38. The highest BCUT2D eigenvalue weighted by molar-refractivity contribution is 5.85. The van der Waals surface area contributed by atoms with E-state index >= 15 is 0 Å². The number of hydrogen-bond acceptors (Lipinski definition) is 3. The summed E-state index contributed by atoms with van der Waals surface area (Å²) in [4.78, 5) is 10.8. The molecule has 1 aliphatic rings. The van der Waals surface area contributed by atoms with Gasteiger partial charge in [0.2, 0.25) is 0 Å². The van der Waals surface area contributed by atoms with Gasteiger partial charge in [0.15, 0.2) is 0 Å². The number of halogens is 1. The van der Waals surface area contributed by atoms with Gasteiger partial charge in [-0.2, -0.15) is 0 Å². The first-order valence-electron chi connectivity index (χ1n) is 8.32. The number of carbonyl (C=O) groups excluding carboxylic acids is 1. The van der Waals surface area contributed by atoms with Gasteiger partial charge in [-0.05, 0) is 49.0 Å². The standard InChI is InChI=1S/C20H23NO2.ClH/c22-13-10-16-6-7-19(18-4-2-1-3-5-18)20(14-16)23-15-17-8-11-21-12-9-17;/h1-7,13-14,17,21H,8-12,15H2;1H. The summed E-state index contributed by atoms with van der Waals surface area (Å²) in [7, 11) is 0. The molecule has 24 heavy (non-hydrogen) atoms. The molecule has 0 saturated carbocycles. The van der Waals surface area contributed by atoms with Crippen LogP contribution in [0.5, 0.6) is 5.75 Å². The zero-order valence-electron chi connectivity index (χ0n) is 13.7. The van der Waals surface area contributed by atoms with Gasteiger partial charge >= 0.3 is 0 Å². The molecule has 0 aromatic heterocycles. The van der Waals surface area contributed by atoms with Crippen molar-refractivity contribution >= 4 is 18.7 Å². The number of benzene rings is 2. The van der Waals surface area contributed by atoms with E-state index in [4.69, 9.17) is 4.74 Å². The average molecular weight is 346 g/mol. The Bertz CT molecular complexity index is 639. The van der Waals surface area contributed by atoms with Crippen molar-refractivity contribution in [3.8, 4) is 16.9 Å². The first-order valence-corrected chi connectivity index (χ1v) is 8.32. The molecule has 2 aromatic rings. The molecule has 0 aliphatic carbocycles. The number of rotatable bonds is 6. The Morgan fingerprint density at radius 1 is 1.08 bits per heavy atom. The minimum Gasteiger partial charge on any atom is -0.493 e. The Balaban J connectivity index is 0.00000208. The molecule has 3 rings (SSSR count). The van der Waals surface area contributed by atoms with Gasteiger partial charge in [0.05, 0.1) is 6.61 Å². The molecule has 0 radical (unpaired) electrons. The fraction of sp³-hybridized carbons (Fsp3) is 0.350. The Morgan fingerprint density at radius 2 is 1.83 bits per heavy atom. The minimum atomic E-state index is 0. The number of ether oxygens (including phenoxy) is 1. The van der Waals surface area contributed by atoms with E-state index in [-0.39, 0.29) is 12.4 Å². The highest BCUT2D eigenvalue weighted by atomic mass is 35.5. The van der Waals surface area contributed by atoms with Crippen LogP contribution in [-0.2, 0) is 11.2 Å². The molecule has 1 fully saturated rings. The Hall–Kier alpha value is -1.84. The third kappa shape index (κ3) is 4.83. The molecule has 0 atom stereocenters. The van der Waals surface area contributed by atoms with Crippen LogP contribution >= 0.6 is 12.4 Å². The van der Waals surface area contributed by atoms with Crippen LogP contribution in [0.3, 0.4) is 0 Å². The molecule has 1 heterocycles. The van der Waals surface area contributed by atoms with Crippen molar-refractivity contribution in [2.75, 3.05) is 19.7 Å². The normalized spacial score (nSPS) is 14.7. The summed E-state index contributed by atoms with van der Waals surface area (Å²) in [6, 6.07) is 16.3. The van der Waals surface area contributed by atoms with E-state index in [1.807, 2.05) is 30.3 Å². The summed E-state index contributed by atoms with van der Waals surface area (Å²) in [5, 5.41) is 3.38. The fourth-order valence-electron chi connectivity index (χ4n) is 3.02. The average Bonchev–Trinajstić information content (AvgIpc) is 2.62. The first kappa shape index (κ1) is 18.5. The van der Waals surface area contributed by atoms with Gasteiger partial charge in [-0.25, -0.2) is 0 Å². The molecule has 1 saturated heterocycles. The van der Waals surface area contributed by atoms with E-state index in [2.05, 4.69) is 23.5 Å². The minimum absolute atomic E-state index is 0. The van der Waals surface area contributed by atoms with Gasteiger partial charge < -0.3 is 14.8 Å². The summed E-state index contributed by atoms with van der Waals surface area (Å²) in [5.41, 5.74) is 3.24. The highest BCUT2D eigenvalue weighted by Crippen LogP contribution is 2.31. The van der Waals surface area contributed by atoms with E-state index in [0.29, 0.717) is 12.3 Å². The van der Waals surface area contributed by atoms with Crippen molar-refractivity contribution in [1.29, 1.82) is 0 Å². The molecule has 128 valence electrons. The predicted molar refractivity (Wildman–Crippen MR) is 100.0 cm³/mol. The second kappa shape index (κ2) is 9.45. The van der Waals surface area contributed by atoms with Crippen molar-refractivity contribution in [2.24, 2.45) is 5.92 Å². The van der Waals surface area contributed by atoms with E-state index in [1.54, 1.807) is 0 Å². The van der Waals surface area contributed by atoms with Gasteiger partial charge in [-0.1, -0.05) is 42.5 Å². The smallest absolute Gasteiger partial charge is 0.127 e. The highest BCUT2D eigenvalue weighted by Gasteiger charge is 2.15. The second-order valence-electron chi connectivity index (χ2n) is 6.07. The monoisotopic (exact) mass is 345 g/mol. The molecule has 0 unspecified atom stereocenters. The zero-order valence-corrected chi connectivity index (χ0v) is 14.6. The summed E-state index contributed by atoms with van der Waals surface area (Å²) < 4.78 is 6.17. The van der Waals surface area contributed by atoms with Gasteiger partial charge in [0, 0.05) is 12.0 Å². The summed E-state index contributed by atoms with van der Waals surface area (Å²) in [5.74, 6) is 1.49. The lowest BCUT2D eigenvalue weighted by atomic mass is 9.99. The number of carbonyl (C=O) groups is 1. The maximum Gasteiger partial charge on any atom is 0.127 e. The van der Waals surface area contributed by atoms with Crippen molar-refractivity contribution in [3.05, 3.63) is 54.1 Å². The summed E-state index contributed by atoms with van der Waals surface area (Å²) >= 11 is 0. The first-order chi connectivity index (χ1) is 11.4. The molecule has 2 aromatic carbocycles. The van der Waals surface area contributed by atoms with E-state index in [0.717, 1.165) is 61.3 Å². The predicted octanol–water partition coefficient (Wildman–Crippen LogP) is 3.90. The van der Waals surface area contributed by atoms with Crippen LogP contribution in [0.25, 0.3) is 11.1 Å². The number of hydrogen-bond donors (Lipinski definition) is 1. The number of aldehydes is 1. The van der Waals surface area contributed by atoms with Gasteiger partial charge in [0.25, 0.3) is 0 Å². The van der Waals surface area contributed by atoms with Crippen LogP contribution in [0.1, 0.15) is 18.4 Å². The maximum absolute atomic E-state index is 10.8. The molecule has 3 nitrogen and oxygen atoms in total. The Labute approximate surface area is 149 Å². The zero-order chi connectivity index (χ0) is 15.9. The SMILES string of the molecule is Cl.O=CCc1ccc(-c2ccccc2)c(OCC2CCNCC2)c1. The van der Waals surface area contributed by atoms with Crippen LogP contribution in [0.2, 0.25) is 0 Å². The van der Waals surface area contributed by atoms with Crippen molar-refractivity contribution in [3.63, 3.8) is 0 Å². The molecule has 1 aliphatic heterocycles. The lowest BCUT2D eigenvalue weighted by Gasteiger charge is -2.23. The van der Waals surface area contributed by atoms with Crippen molar-refractivity contribution in [1.82, 2.24) is 5.32 Å². The molecule has 4 heteroatoms. The Kier molecular flexibility index (Phi) is 7.29. The molecule has 0 bridgehead atoms. The molecular formula is C20H24ClNO2. The third-order valence-corrected chi connectivity index (χ3v) is 4.38. The van der Waals surface area contributed by atoms with E-state index < -0.39 is 0 Å². The maximum atomic E-state index is 10.8. The summed E-state index contributed by atoms with van der Waals surface area (Å²) in [6.07, 6.45) is 3.69.